The molecule has 3 rings (SSSR count). The largest absolute Gasteiger partial charge is 0.418 e. The second-order valence-electron chi connectivity index (χ2n) is 8.23. The number of amides is 2. The first-order valence-corrected chi connectivity index (χ1v) is 10.8. The van der Waals surface area contributed by atoms with Crippen molar-refractivity contribution < 1.29 is 22.8 Å². The van der Waals surface area contributed by atoms with Crippen LogP contribution in [0.1, 0.15) is 31.5 Å². The maximum absolute atomic E-state index is 13.3. The van der Waals surface area contributed by atoms with Crippen LogP contribution in [0.3, 0.4) is 0 Å². The average molecular weight is 474 g/mol. The highest BCUT2D eigenvalue weighted by molar-refractivity contribution is 5.92. The summed E-state index contributed by atoms with van der Waals surface area (Å²) < 4.78 is 40.9. The SMILES string of the molecule is CC(C)CNC(=O)CCc1nc2ccccc2n(CC(=O)Nc2ccccc2C(F)(F)F)c1=O. The van der Waals surface area contributed by atoms with Crippen molar-refractivity contribution in [3.05, 3.63) is 70.1 Å². The van der Waals surface area contributed by atoms with Gasteiger partial charge in [0.1, 0.15) is 12.2 Å². The van der Waals surface area contributed by atoms with Crippen molar-refractivity contribution in [1.29, 1.82) is 0 Å². The van der Waals surface area contributed by atoms with Gasteiger partial charge in [0, 0.05) is 19.4 Å². The number of halogens is 3. The number of carbonyl (C=O) groups is 2. The van der Waals surface area contributed by atoms with Crippen LogP contribution in [0.5, 0.6) is 0 Å². The fourth-order valence-corrected chi connectivity index (χ4v) is 3.38. The number of hydrogen-bond acceptors (Lipinski definition) is 4. The van der Waals surface area contributed by atoms with Gasteiger partial charge in [-0.15, -0.1) is 0 Å². The second-order valence-corrected chi connectivity index (χ2v) is 8.23. The smallest absolute Gasteiger partial charge is 0.356 e. The maximum Gasteiger partial charge on any atom is 0.418 e. The van der Waals surface area contributed by atoms with Gasteiger partial charge in [0.25, 0.3) is 5.56 Å². The van der Waals surface area contributed by atoms with E-state index in [2.05, 4.69) is 15.6 Å². The van der Waals surface area contributed by atoms with Crippen molar-refractivity contribution in [2.45, 2.75) is 39.4 Å². The lowest BCUT2D eigenvalue weighted by molar-refractivity contribution is -0.137. The van der Waals surface area contributed by atoms with E-state index in [0.29, 0.717) is 17.6 Å². The quantitative estimate of drug-likeness (QED) is 0.520. The zero-order valence-electron chi connectivity index (χ0n) is 18.8. The molecule has 2 N–H and O–H groups in total. The third-order valence-electron chi connectivity index (χ3n) is 5.02. The molecular weight excluding hydrogens is 449 g/mol. The van der Waals surface area contributed by atoms with Crippen LogP contribution in [0.25, 0.3) is 11.0 Å². The lowest BCUT2D eigenvalue weighted by atomic mass is 10.1. The molecule has 0 saturated heterocycles. The van der Waals surface area contributed by atoms with Gasteiger partial charge in [-0.3, -0.25) is 19.0 Å². The van der Waals surface area contributed by atoms with Gasteiger partial charge in [-0.05, 0) is 30.2 Å². The number of aromatic nitrogens is 2. The summed E-state index contributed by atoms with van der Waals surface area (Å²) in [6, 6.07) is 11.2. The summed E-state index contributed by atoms with van der Waals surface area (Å²) in [5.41, 5.74) is -1.06. The van der Waals surface area contributed by atoms with E-state index < -0.39 is 35.4 Å². The minimum Gasteiger partial charge on any atom is -0.356 e. The fourth-order valence-electron chi connectivity index (χ4n) is 3.38. The Morgan fingerprint density at radius 2 is 1.71 bits per heavy atom. The molecule has 0 unspecified atom stereocenters. The number of benzene rings is 2. The molecule has 2 amide bonds. The molecule has 2 aromatic carbocycles. The van der Waals surface area contributed by atoms with E-state index in [0.717, 1.165) is 16.7 Å². The Kier molecular flexibility index (Phi) is 7.70. The minimum absolute atomic E-state index is 0.0401. The Morgan fingerprint density at radius 1 is 1.03 bits per heavy atom. The Labute approximate surface area is 194 Å². The van der Waals surface area contributed by atoms with Gasteiger partial charge < -0.3 is 10.6 Å². The molecule has 1 heterocycles. The third-order valence-corrected chi connectivity index (χ3v) is 5.02. The number of alkyl halides is 3. The Hall–Kier alpha value is -3.69. The second kappa shape index (κ2) is 10.5. The van der Waals surface area contributed by atoms with Crippen molar-refractivity contribution in [2.75, 3.05) is 11.9 Å². The maximum atomic E-state index is 13.3. The van der Waals surface area contributed by atoms with Crippen molar-refractivity contribution in [1.82, 2.24) is 14.9 Å². The van der Waals surface area contributed by atoms with Crippen molar-refractivity contribution in [2.24, 2.45) is 5.92 Å². The van der Waals surface area contributed by atoms with Gasteiger partial charge in [0.15, 0.2) is 0 Å². The molecular formula is C24H25F3N4O3. The number of fused-ring (bicyclic) bond motifs is 1. The van der Waals surface area contributed by atoms with Gasteiger partial charge in [-0.1, -0.05) is 38.1 Å². The van der Waals surface area contributed by atoms with E-state index in [1.807, 2.05) is 13.8 Å². The summed E-state index contributed by atoms with van der Waals surface area (Å²) in [4.78, 5) is 42.2. The van der Waals surface area contributed by atoms with E-state index in [4.69, 9.17) is 0 Å². The summed E-state index contributed by atoms with van der Waals surface area (Å²) in [5, 5.41) is 5.02. The van der Waals surface area contributed by atoms with Gasteiger partial charge in [0.2, 0.25) is 11.8 Å². The molecule has 7 nitrogen and oxygen atoms in total. The highest BCUT2D eigenvalue weighted by atomic mass is 19.4. The Bertz CT molecular complexity index is 1250. The van der Waals surface area contributed by atoms with Crippen LogP contribution in [0.2, 0.25) is 0 Å². The first kappa shape index (κ1) is 24.9. The molecule has 0 fully saturated rings. The van der Waals surface area contributed by atoms with E-state index in [1.165, 1.54) is 12.1 Å². The van der Waals surface area contributed by atoms with Gasteiger partial charge >= 0.3 is 6.18 Å². The summed E-state index contributed by atoms with van der Waals surface area (Å²) >= 11 is 0. The van der Waals surface area contributed by atoms with Crippen LogP contribution in [0.15, 0.2) is 53.3 Å². The molecule has 1 aromatic heterocycles. The summed E-state index contributed by atoms with van der Waals surface area (Å²) in [6.45, 7) is 3.92. The molecule has 0 bridgehead atoms. The predicted octanol–water partition coefficient (Wildman–Crippen LogP) is 3.76. The van der Waals surface area contributed by atoms with Crippen LogP contribution in [0.4, 0.5) is 18.9 Å². The molecule has 0 aliphatic carbocycles. The van der Waals surface area contributed by atoms with Crippen molar-refractivity contribution in [3.8, 4) is 0 Å². The zero-order chi connectivity index (χ0) is 24.9. The highest BCUT2D eigenvalue weighted by Gasteiger charge is 2.33. The minimum atomic E-state index is -4.65. The number of nitrogens with one attached hydrogen (secondary N) is 2. The van der Waals surface area contributed by atoms with Gasteiger partial charge in [0.05, 0.1) is 22.3 Å². The van der Waals surface area contributed by atoms with Crippen LogP contribution < -0.4 is 16.2 Å². The third kappa shape index (κ3) is 6.21. The first-order valence-electron chi connectivity index (χ1n) is 10.8. The highest BCUT2D eigenvalue weighted by Crippen LogP contribution is 2.34. The number of anilines is 1. The summed E-state index contributed by atoms with van der Waals surface area (Å²) in [7, 11) is 0. The number of rotatable bonds is 8. The van der Waals surface area contributed by atoms with Crippen molar-refractivity contribution >= 4 is 28.5 Å². The monoisotopic (exact) mass is 474 g/mol. The number of nitrogens with zero attached hydrogens (tertiary/aromatic N) is 2. The summed E-state index contributed by atoms with van der Waals surface area (Å²) in [6.07, 6.45) is -4.54. The molecule has 10 heteroatoms. The van der Waals surface area contributed by atoms with Crippen LogP contribution >= 0.6 is 0 Å². The summed E-state index contributed by atoms with van der Waals surface area (Å²) in [5.74, 6) is -0.743. The van der Waals surface area contributed by atoms with Gasteiger partial charge in [-0.2, -0.15) is 13.2 Å². The van der Waals surface area contributed by atoms with E-state index >= 15 is 0 Å². The number of aryl methyl sites for hydroxylation is 1. The van der Waals surface area contributed by atoms with E-state index in [1.54, 1.807) is 24.3 Å². The number of carbonyl (C=O) groups excluding carboxylic acids is 2. The van der Waals surface area contributed by atoms with Crippen molar-refractivity contribution in [3.63, 3.8) is 0 Å². The first-order chi connectivity index (χ1) is 16.1. The fraction of sp³-hybridized carbons (Fsp3) is 0.333. The average Bonchev–Trinajstić information content (AvgIpc) is 2.78. The lowest BCUT2D eigenvalue weighted by Gasteiger charge is -2.15. The zero-order valence-corrected chi connectivity index (χ0v) is 18.8. The predicted molar refractivity (Wildman–Crippen MR) is 122 cm³/mol. The van der Waals surface area contributed by atoms with Gasteiger partial charge in [-0.25, -0.2) is 4.98 Å². The molecule has 0 atom stereocenters. The van der Waals surface area contributed by atoms with Crippen LogP contribution in [-0.4, -0.2) is 27.9 Å². The topological polar surface area (TPSA) is 93.1 Å². The van der Waals surface area contributed by atoms with E-state index in [9.17, 15) is 27.6 Å². The number of para-hydroxylation sites is 3. The molecule has 0 aliphatic heterocycles. The molecule has 3 aromatic rings. The molecule has 0 radical (unpaired) electrons. The van der Waals surface area contributed by atoms with Crippen LogP contribution in [0, 0.1) is 5.92 Å². The van der Waals surface area contributed by atoms with Crippen LogP contribution in [-0.2, 0) is 28.7 Å². The van der Waals surface area contributed by atoms with E-state index in [-0.39, 0.29) is 30.4 Å². The molecule has 0 saturated carbocycles. The molecule has 180 valence electrons. The Morgan fingerprint density at radius 3 is 2.41 bits per heavy atom. The molecule has 34 heavy (non-hydrogen) atoms. The number of hydrogen-bond donors (Lipinski definition) is 2. The standard InChI is InChI=1S/C24H25F3N4O3/c1-15(2)13-28-21(32)12-11-19-23(34)31(20-10-6-5-9-18(20)29-19)14-22(33)30-17-8-4-3-7-16(17)24(25,26)27/h3-10,15H,11-14H2,1-2H3,(H,28,32)(H,30,33). The normalized spacial score (nSPS) is 11.6. The Balaban J connectivity index is 1.86. The lowest BCUT2D eigenvalue weighted by Crippen LogP contribution is -2.32. The molecule has 0 aliphatic rings. The molecule has 0 spiro atoms.